The molecule has 0 aromatic carbocycles. The summed E-state index contributed by atoms with van der Waals surface area (Å²) in [4.78, 5) is 37.0. The summed E-state index contributed by atoms with van der Waals surface area (Å²) in [6.45, 7) is -0.0473. The molecule has 15 heteroatoms. The second-order valence-electron chi connectivity index (χ2n) is 6.59. The summed E-state index contributed by atoms with van der Waals surface area (Å²) in [6.07, 6.45) is 0.274. The van der Waals surface area contributed by atoms with E-state index < -0.39 is 32.7 Å². The van der Waals surface area contributed by atoms with Crippen molar-refractivity contribution in [1.29, 1.82) is 0 Å². The molecule has 5 rings (SSSR count). The standard InChI is InChI=1S/C16H18N6O6PS.Na.H/c1-25-12-11-8(6-26-29(23,24)28-11)27-15(12)22-14-10(13(17)19-7-20-14)21-16(22)30-9-4-2-3-5-18-9;;/h2-5,7-8,11-12,15,23-24H,6H2,1H3,(H2,17,19,20);;/q2*+1;-1/t8-,11-,12?,15-;;/m1../s1. The predicted octanol–water partition coefficient (Wildman–Crippen LogP) is -1.94. The van der Waals surface area contributed by atoms with E-state index in [1.54, 1.807) is 10.8 Å². The van der Waals surface area contributed by atoms with Crippen LogP contribution in [0.25, 0.3) is 11.2 Å². The van der Waals surface area contributed by atoms with Gasteiger partial charge >= 0.3 is 37.7 Å². The topological polar surface area (TPSA) is 160 Å². The first-order chi connectivity index (χ1) is 14.5. The number of nitrogens with two attached hydrogens (primary N) is 1. The Hall–Kier alpha value is -0.960. The first kappa shape index (κ1) is 23.2. The van der Waals surface area contributed by atoms with Crippen LogP contribution in [-0.4, -0.2) is 66.3 Å². The van der Waals surface area contributed by atoms with Crippen molar-refractivity contribution in [2.24, 2.45) is 0 Å². The number of hydrogen-bond acceptors (Lipinski definition) is 12. The number of fused-ring (bicyclic) bond motifs is 2. The van der Waals surface area contributed by atoms with Gasteiger partial charge in [0.25, 0.3) is 0 Å². The van der Waals surface area contributed by atoms with Gasteiger partial charge in [0.05, 0.1) is 0 Å². The number of aromatic nitrogens is 5. The van der Waals surface area contributed by atoms with E-state index in [0.717, 1.165) is 0 Å². The van der Waals surface area contributed by atoms with E-state index in [-0.39, 0.29) is 43.4 Å². The minimum Gasteiger partial charge on any atom is -1.00 e. The van der Waals surface area contributed by atoms with Crippen LogP contribution in [-0.2, 0) is 18.5 Å². The van der Waals surface area contributed by atoms with Crippen molar-refractivity contribution in [2.45, 2.75) is 34.7 Å². The quantitative estimate of drug-likeness (QED) is 0.282. The smallest absolute Gasteiger partial charge is 1.00 e. The van der Waals surface area contributed by atoms with E-state index in [9.17, 15) is 9.79 Å². The molecule has 3 aromatic rings. The molecule has 31 heavy (non-hydrogen) atoms. The molecule has 0 spiro atoms. The molecule has 2 saturated heterocycles. The SMILES string of the molecule is COC1[C@H](n2c(Sc3ccccn3)nc3c(N)ncnc32)O[C@@H]2CO[P+](O)(O)O[C@@H]12.[H-].[Na+]. The third-order valence-electron chi connectivity index (χ3n) is 4.78. The summed E-state index contributed by atoms with van der Waals surface area (Å²) in [5.74, 6) is 0.223. The molecule has 0 radical (unpaired) electrons. The predicted molar refractivity (Wildman–Crippen MR) is 106 cm³/mol. The van der Waals surface area contributed by atoms with Gasteiger partial charge in [0, 0.05) is 13.3 Å². The molecule has 160 valence electrons. The van der Waals surface area contributed by atoms with Crippen LogP contribution in [0.1, 0.15) is 7.65 Å². The molecule has 0 aliphatic carbocycles. The molecule has 4 N–H and O–H groups in total. The zero-order valence-corrected chi connectivity index (χ0v) is 20.3. The van der Waals surface area contributed by atoms with Gasteiger partial charge in [-0.1, -0.05) is 6.07 Å². The molecule has 0 bridgehead atoms. The maximum atomic E-state index is 9.85. The van der Waals surface area contributed by atoms with Crippen molar-refractivity contribution in [3.05, 3.63) is 30.7 Å². The zero-order valence-electron chi connectivity index (χ0n) is 17.6. The van der Waals surface area contributed by atoms with E-state index in [2.05, 4.69) is 19.9 Å². The molecule has 12 nitrogen and oxygen atoms in total. The Bertz CT molecular complexity index is 1080. The average Bonchev–Trinajstić information content (AvgIpc) is 3.25. The minimum atomic E-state index is -3.93. The summed E-state index contributed by atoms with van der Waals surface area (Å²) in [5, 5.41) is 1.22. The zero-order chi connectivity index (χ0) is 20.9. The Morgan fingerprint density at radius 3 is 2.90 bits per heavy atom. The Morgan fingerprint density at radius 1 is 1.32 bits per heavy atom. The van der Waals surface area contributed by atoms with E-state index in [4.69, 9.17) is 24.3 Å². The third kappa shape index (κ3) is 4.33. The second-order valence-corrected chi connectivity index (χ2v) is 9.03. The van der Waals surface area contributed by atoms with Crippen molar-refractivity contribution in [3.63, 3.8) is 0 Å². The number of imidazole rings is 1. The Kier molecular flexibility index (Phi) is 6.83. The van der Waals surface area contributed by atoms with Crippen molar-refractivity contribution in [2.75, 3.05) is 19.5 Å². The van der Waals surface area contributed by atoms with Gasteiger partial charge < -0.3 is 16.6 Å². The molecule has 2 aliphatic rings. The van der Waals surface area contributed by atoms with Gasteiger partial charge in [-0.05, 0) is 23.9 Å². The van der Waals surface area contributed by atoms with Crippen LogP contribution < -0.4 is 35.3 Å². The molecule has 2 aliphatic heterocycles. The fourth-order valence-corrected chi connectivity index (χ4v) is 5.34. The number of methoxy groups -OCH3 is 1. The summed E-state index contributed by atoms with van der Waals surface area (Å²) >= 11 is 1.30. The molecule has 4 atom stereocenters. The number of rotatable bonds is 4. The molecule has 2 fully saturated rings. The van der Waals surface area contributed by atoms with Gasteiger partial charge in [-0.3, -0.25) is 4.57 Å². The summed E-state index contributed by atoms with van der Waals surface area (Å²) in [5.41, 5.74) is 6.88. The van der Waals surface area contributed by atoms with Crippen molar-refractivity contribution >= 4 is 36.9 Å². The minimum absolute atomic E-state index is 0. The maximum Gasteiger partial charge on any atom is 1.00 e. The monoisotopic (exact) mass is 477 g/mol. The van der Waals surface area contributed by atoms with Gasteiger partial charge in [0.2, 0.25) is 0 Å². The van der Waals surface area contributed by atoms with Crippen LogP contribution in [0.2, 0.25) is 0 Å². The van der Waals surface area contributed by atoms with E-state index in [0.29, 0.717) is 21.3 Å². The third-order valence-corrected chi connectivity index (χ3v) is 6.71. The summed E-state index contributed by atoms with van der Waals surface area (Å²) < 4.78 is 23.9. The number of anilines is 1. The number of pyridine rings is 1. The van der Waals surface area contributed by atoms with Gasteiger partial charge in [-0.15, -0.1) is 4.52 Å². The Balaban J connectivity index is 0.00000144. The van der Waals surface area contributed by atoms with Gasteiger partial charge in [-0.2, -0.15) is 14.3 Å². The van der Waals surface area contributed by atoms with Crippen LogP contribution in [0.15, 0.2) is 40.9 Å². The summed E-state index contributed by atoms with van der Waals surface area (Å²) in [6, 6.07) is 5.53. The van der Waals surface area contributed by atoms with Crippen LogP contribution in [0.5, 0.6) is 0 Å². The molecular weight excluding hydrogens is 458 g/mol. The number of hydrogen-bond donors (Lipinski definition) is 3. The van der Waals surface area contributed by atoms with E-state index >= 15 is 0 Å². The van der Waals surface area contributed by atoms with Crippen LogP contribution in [0, 0.1) is 0 Å². The van der Waals surface area contributed by atoms with Gasteiger partial charge in [0.15, 0.2) is 34.5 Å². The number of nitrogens with zero attached hydrogens (tertiary/aromatic N) is 5. The summed E-state index contributed by atoms with van der Waals surface area (Å²) in [7, 11) is -2.44. The second kappa shape index (κ2) is 9.12. The first-order valence-electron chi connectivity index (χ1n) is 8.90. The largest absolute Gasteiger partial charge is 1.00 e. The first-order valence-corrected chi connectivity index (χ1v) is 11.2. The van der Waals surface area contributed by atoms with E-state index in [1.807, 2.05) is 18.2 Å². The molecule has 1 unspecified atom stereocenters. The molecule has 0 amide bonds. The van der Waals surface area contributed by atoms with Crippen molar-refractivity contribution in [1.82, 2.24) is 24.5 Å². The van der Waals surface area contributed by atoms with E-state index in [1.165, 1.54) is 25.2 Å². The maximum absolute atomic E-state index is 9.85. The molecule has 3 aromatic heterocycles. The normalized spacial score (nSPS) is 27.1. The van der Waals surface area contributed by atoms with Crippen LogP contribution in [0.4, 0.5) is 5.82 Å². The van der Waals surface area contributed by atoms with Crippen molar-refractivity contribution < 1.29 is 59.3 Å². The van der Waals surface area contributed by atoms with Crippen molar-refractivity contribution in [3.8, 4) is 0 Å². The Labute approximate surface area is 204 Å². The van der Waals surface area contributed by atoms with Crippen LogP contribution >= 0.6 is 19.9 Å². The number of nitrogen functional groups attached to an aromatic ring is 1. The Morgan fingerprint density at radius 2 is 2.16 bits per heavy atom. The molecule has 5 heterocycles. The van der Waals surface area contributed by atoms with Gasteiger partial charge in [-0.25, -0.2) is 19.9 Å². The molecule has 0 saturated carbocycles. The number of ether oxygens (including phenoxy) is 2. The fourth-order valence-electron chi connectivity index (χ4n) is 3.50. The van der Waals surface area contributed by atoms with Gasteiger partial charge in [0.1, 0.15) is 30.2 Å². The fraction of sp³-hybridized carbons (Fsp3) is 0.375. The average molecular weight is 477 g/mol. The van der Waals surface area contributed by atoms with Crippen LogP contribution in [0.3, 0.4) is 0 Å². The molecular formula is C16H19N6NaO6PS+.